The normalized spacial score (nSPS) is 12.3. The van der Waals surface area contributed by atoms with Gasteiger partial charge in [0.05, 0.1) is 0 Å². The van der Waals surface area contributed by atoms with Crippen LogP contribution in [0.15, 0.2) is 17.5 Å². The summed E-state index contributed by atoms with van der Waals surface area (Å²) in [6, 6.07) is 4.32. The smallest absolute Gasteiger partial charge is 0.00579 e. The zero-order valence-corrected chi connectivity index (χ0v) is 10.8. The first kappa shape index (κ1) is 12.7. The molecule has 0 atom stereocenters. The van der Waals surface area contributed by atoms with E-state index in [-0.39, 0.29) is 5.41 Å². The molecule has 0 spiro atoms. The minimum atomic E-state index is 0.226. The summed E-state index contributed by atoms with van der Waals surface area (Å²) in [6.07, 6.45) is 1.15. The van der Waals surface area contributed by atoms with Crippen LogP contribution in [0.1, 0.15) is 18.7 Å². The number of hydrogen-bond acceptors (Lipinski definition) is 3. The molecule has 1 rings (SSSR count). The van der Waals surface area contributed by atoms with Crippen LogP contribution in [0.4, 0.5) is 0 Å². The molecule has 0 fully saturated rings. The summed E-state index contributed by atoms with van der Waals surface area (Å²) >= 11 is 1.84. The van der Waals surface area contributed by atoms with Crippen LogP contribution in [-0.4, -0.2) is 31.6 Å². The zero-order chi connectivity index (χ0) is 11.3. The van der Waals surface area contributed by atoms with Gasteiger partial charge in [0.1, 0.15) is 0 Å². The molecule has 0 aromatic carbocycles. The molecule has 1 aromatic heterocycles. The third-order valence-corrected chi connectivity index (χ3v) is 3.51. The van der Waals surface area contributed by atoms with E-state index >= 15 is 0 Å². The Morgan fingerprint density at radius 2 is 2.20 bits per heavy atom. The van der Waals surface area contributed by atoms with E-state index in [9.17, 15) is 0 Å². The van der Waals surface area contributed by atoms with Crippen molar-refractivity contribution in [1.29, 1.82) is 0 Å². The van der Waals surface area contributed by atoms with Gasteiger partial charge in [-0.15, -0.1) is 11.3 Å². The molecule has 0 unspecified atom stereocenters. The van der Waals surface area contributed by atoms with Crippen molar-refractivity contribution in [3.05, 3.63) is 22.4 Å². The summed E-state index contributed by atoms with van der Waals surface area (Å²) in [5, 5.41) is 2.14. The molecule has 2 N–H and O–H groups in total. The Balaban J connectivity index is 2.27. The summed E-state index contributed by atoms with van der Waals surface area (Å²) in [4.78, 5) is 3.83. The van der Waals surface area contributed by atoms with Crippen molar-refractivity contribution in [1.82, 2.24) is 4.90 Å². The largest absolute Gasteiger partial charge is 0.330 e. The van der Waals surface area contributed by atoms with E-state index in [1.165, 1.54) is 4.88 Å². The zero-order valence-electron chi connectivity index (χ0n) is 9.99. The maximum atomic E-state index is 5.72. The molecule has 0 saturated carbocycles. The van der Waals surface area contributed by atoms with Crippen molar-refractivity contribution < 1.29 is 0 Å². The van der Waals surface area contributed by atoms with Crippen molar-refractivity contribution in [2.75, 3.05) is 26.7 Å². The molecule has 2 nitrogen and oxygen atoms in total. The third kappa shape index (κ3) is 4.78. The second-order valence-electron chi connectivity index (χ2n) is 4.94. The molecule has 0 saturated heterocycles. The lowest BCUT2D eigenvalue weighted by Gasteiger charge is -2.28. The van der Waals surface area contributed by atoms with Gasteiger partial charge in [0.15, 0.2) is 0 Å². The minimum Gasteiger partial charge on any atom is -0.330 e. The second-order valence-corrected chi connectivity index (χ2v) is 5.97. The highest BCUT2D eigenvalue weighted by molar-refractivity contribution is 7.09. The van der Waals surface area contributed by atoms with Gasteiger partial charge in [0.25, 0.3) is 0 Å². The average Bonchev–Trinajstić information content (AvgIpc) is 2.66. The molecule has 1 heterocycles. The van der Waals surface area contributed by atoms with Gasteiger partial charge >= 0.3 is 0 Å². The fourth-order valence-electron chi connectivity index (χ4n) is 1.63. The van der Waals surface area contributed by atoms with E-state index in [4.69, 9.17) is 5.73 Å². The van der Waals surface area contributed by atoms with Gasteiger partial charge in [0, 0.05) is 18.0 Å². The van der Waals surface area contributed by atoms with Crippen molar-refractivity contribution in [3.63, 3.8) is 0 Å². The lowest BCUT2D eigenvalue weighted by molar-refractivity contribution is 0.218. The summed E-state index contributed by atoms with van der Waals surface area (Å²) in [5.41, 5.74) is 5.95. The van der Waals surface area contributed by atoms with Gasteiger partial charge in [-0.2, -0.15) is 0 Å². The fourth-order valence-corrected chi connectivity index (χ4v) is 2.33. The van der Waals surface area contributed by atoms with E-state index in [1.807, 2.05) is 11.3 Å². The van der Waals surface area contributed by atoms with Crippen LogP contribution in [0.3, 0.4) is 0 Å². The first-order chi connectivity index (χ1) is 7.03. The van der Waals surface area contributed by atoms with Crippen LogP contribution in [0.5, 0.6) is 0 Å². The van der Waals surface area contributed by atoms with Crippen LogP contribution in [0.2, 0.25) is 0 Å². The van der Waals surface area contributed by atoms with Crippen molar-refractivity contribution in [2.24, 2.45) is 11.1 Å². The molecule has 0 bridgehead atoms. The van der Waals surface area contributed by atoms with Crippen molar-refractivity contribution >= 4 is 11.3 Å². The Morgan fingerprint density at radius 1 is 1.47 bits per heavy atom. The predicted octanol–water partition coefficient (Wildman–Crippen LogP) is 2.21. The quantitative estimate of drug-likeness (QED) is 0.806. The highest BCUT2D eigenvalue weighted by Crippen LogP contribution is 2.15. The Kier molecular flexibility index (Phi) is 4.77. The Morgan fingerprint density at radius 3 is 2.73 bits per heavy atom. The molecule has 15 heavy (non-hydrogen) atoms. The monoisotopic (exact) mass is 226 g/mol. The molecule has 86 valence electrons. The van der Waals surface area contributed by atoms with Gasteiger partial charge in [-0.25, -0.2) is 0 Å². The van der Waals surface area contributed by atoms with Gasteiger partial charge in [-0.1, -0.05) is 19.9 Å². The van der Waals surface area contributed by atoms with Crippen LogP contribution >= 0.6 is 11.3 Å². The van der Waals surface area contributed by atoms with Gasteiger partial charge in [-0.3, -0.25) is 0 Å². The second kappa shape index (κ2) is 5.64. The van der Waals surface area contributed by atoms with E-state index in [0.717, 1.165) is 26.1 Å². The average molecular weight is 226 g/mol. The van der Waals surface area contributed by atoms with Crippen LogP contribution in [-0.2, 0) is 6.42 Å². The van der Waals surface area contributed by atoms with Crippen molar-refractivity contribution in [3.8, 4) is 0 Å². The van der Waals surface area contributed by atoms with Gasteiger partial charge in [0.2, 0.25) is 0 Å². The van der Waals surface area contributed by atoms with Crippen molar-refractivity contribution in [2.45, 2.75) is 20.3 Å². The fraction of sp³-hybridized carbons (Fsp3) is 0.667. The van der Waals surface area contributed by atoms with Crippen LogP contribution in [0, 0.1) is 5.41 Å². The van der Waals surface area contributed by atoms with E-state index in [2.05, 4.69) is 43.3 Å². The molecule has 0 radical (unpaired) electrons. The minimum absolute atomic E-state index is 0.226. The molecular weight excluding hydrogens is 204 g/mol. The highest BCUT2D eigenvalue weighted by atomic mass is 32.1. The summed E-state index contributed by atoms with van der Waals surface area (Å²) in [6.45, 7) is 7.36. The lowest BCUT2D eigenvalue weighted by atomic mass is 9.93. The lowest BCUT2D eigenvalue weighted by Crippen LogP contribution is -2.37. The number of hydrogen-bond donors (Lipinski definition) is 1. The molecule has 0 aliphatic heterocycles. The number of rotatable bonds is 6. The molecule has 0 aliphatic carbocycles. The summed E-state index contributed by atoms with van der Waals surface area (Å²) < 4.78 is 0. The first-order valence-corrected chi connectivity index (χ1v) is 6.32. The summed E-state index contributed by atoms with van der Waals surface area (Å²) in [5.74, 6) is 0. The van der Waals surface area contributed by atoms with E-state index < -0.39 is 0 Å². The van der Waals surface area contributed by atoms with Crippen LogP contribution in [0.25, 0.3) is 0 Å². The Labute approximate surface area is 97.1 Å². The van der Waals surface area contributed by atoms with Gasteiger partial charge < -0.3 is 10.6 Å². The predicted molar refractivity (Wildman–Crippen MR) is 68.4 cm³/mol. The number of nitrogens with two attached hydrogens (primary N) is 1. The maximum Gasteiger partial charge on any atom is 0.00579 e. The van der Waals surface area contributed by atoms with Crippen LogP contribution < -0.4 is 5.73 Å². The Hall–Kier alpha value is -0.380. The molecule has 3 heteroatoms. The molecule has 0 aliphatic rings. The topological polar surface area (TPSA) is 29.3 Å². The number of likely N-dealkylation sites (N-methyl/N-ethyl adjacent to an activating group) is 1. The maximum absolute atomic E-state index is 5.72. The highest BCUT2D eigenvalue weighted by Gasteiger charge is 2.17. The molecular formula is C12H22N2S. The molecule has 0 amide bonds. The molecule has 1 aromatic rings. The van der Waals surface area contributed by atoms with Gasteiger partial charge in [-0.05, 0) is 36.9 Å². The first-order valence-electron chi connectivity index (χ1n) is 5.44. The standard InChI is InChI=1S/C12H22N2S/c1-12(2,9-13)10-14(3)7-6-11-5-4-8-15-11/h4-5,8H,6-7,9-10,13H2,1-3H3. The number of thiophene rings is 1. The Bertz CT molecular complexity index is 267. The third-order valence-electron chi connectivity index (χ3n) is 2.57. The number of nitrogens with zero attached hydrogens (tertiary/aromatic N) is 1. The SMILES string of the molecule is CN(CCc1cccs1)CC(C)(C)CN. The summed E-state index contributed by atoms with van der Waals surface area (Å²) in [7, 11) is 2.17. The van der Waals surface area contributed by atoms with E-state index in [1.54, 1.807) is 0 Å². The van der Waals surface area contributed by atoms with E-state index in [0.29, 0.717) is 0 Å².